The average Bonchev–Trinajstić information content (AvgIpc) is 2.71. The molecule has 0 fully saturated rings. The predicted molar refractivity (Wildman–Crippen MR) is 131 cm³/mol. The van der Waals surface area contributed by atoms with Gasteiger partial charge in [-0.15, -0.1) is 13.2 Å². The van der Waals surface area contributed by atoms with E-state index in [1.165, 1.54) is 0 Å². The molecule has 30 heavy (non-hydrogen) atoms. The molecule has 0 bridgehead atoms. The molecule has 7 heteroatoms. The molecule has 0 saturated heterocycles. The maximum Gasteiger partial charge on any atom is 0.412 e. The number of nitrogens with zero attached hydrogens (tertiary/aromatic N) is 2. The monoisotopic (exact) mass is 422 g/mol. The molecule has 1 aromatic carbocycles. The number of nitrogens with one attached hydrogen (secondary N) is 1. The Bertz CT molecular complexity index is 718. The van der Waals surface area contributed by atoms with Gasteiger partial charge in [0.15, 0.2) is 5.82 Å². The number of aromatic nitrogens is 2. The molecule has 5 N–H and O–H groups in total. The van der Waals surface area contributed by atoms with Crippen LogP contribution in [0.4, 0.5) is 16.3 Å². The number of amides is 1. The maximum absolute atomic E-state index is 11.7. The van der Waals surface area contributed by atoms with Gasteiger partial charge in [-0.3, -0.25) is 5.32 Å². The van der Waals surface area contributed by atoms with Gasteiger partial charge in [-0.1, -0.05) is 34.6 Å². The quantitative estimate of drug-likeness (QED) is 0.595. The molecule has 1 aromatic heterocycles. The normalized spacial score (nSPS) is 9.07. The smallest absolute Gasteiger partial charge is 0.412 e. The second kappa shape index (κ2) is 17.0. The van der Waals surface area contributed by atoms with Gasteiger partial charge in [-0.2, -0.15) is 0 Å². The fourth-order valence-corrected chi connectivity index (χ4v) is 1.95. The van der Waals surface area contributed by atoms with Crippen LogP contribution >= 0.6 is 0 Å². The molecule has 0 spiro atoms. The predicted octanol–water partition coefficient (Wildman–Crippen LogP) is 5.91. The van der Waals surface area contributed by atoms with Gasteiger partial charge >= 0.3 is 6.09 Å². The zero-order valence-electron chi connectivity index (χ0n) is 19.8. The highest BCUT2D eigenvalue weighted by atomic mass is 16.6. The van der Waals surface area contributed by atoms with Crippen LogP contribution in [0, 0.1) is 0 Å². The first-order valence-electron chi connectivity index (χ1n) is 10.0. The highest BCUT2D eigenvalue weighted by Gasteiger charge is 2.16. The second-order valence-electron chi connectivity index (χ2n) is 6.17. The molecule has 0 unspecified atom stereocenters. The zero-order valence-corrected chi connectivity index (χ0v) is 19.8. The molecular formula is C23H42N4O3. The van der Waals surface area contributed by atoms with Gasteiger partial charge < -0.3 is 15.9 Å². The minimum atomic E-state index is -0.532. The summed E-state index contributed by atoms with van der Waals surface area (Å²) in [5.74, 6) is 1.02. The Labute approximate surface area is 183 Å². The van der Waals surface area contributed by atoms with Gasteiger partial charge in [0.05, 0.1) is 0 Å². The summed E-state index contributed by atoms with van der Waals surface area (Å²) in [5, 5.41) is 2.68. The van der Waals surface area contributed by atoms with E-state index in [1.807, 2.05) is 67.5 Å². The Morgan fingerprint density at radius 2 is 1.60 bits per heavy atom. The lowest BCUT2D eigenvalue weighted by molar-refractivity contribution is 0.0636. The highest BCUT2D eigenvalue weighted by molar-refractivity contribution is 5.85. The topological polar surface area (TPSA) is 122 Å². The number of aryl methyl sites for hydroxylation is 1. The van der Waals surface area contributed by atoms with Crippen LogP contribution in [-0.2, 0) is 11.2 Å². The second-order valence-corrected chi connectivity index (χ2v) is 6.17. The molecule has 0 aliphatic heterocycles. The van der Waals surface area contributed by atoms with Gasteiger partial charge in [0.2, 0.25) is 0 Å². The number of rotatable bonds is 3. The maximum atomic E-state index is 11.7. The fraction of sp³-hybridized carbons (Fsp3) is 0.435. The number of ether oxygens (including phenoxy) is 1. The van der Waals surface area contributed by atoms with Crippen molar-refractivity contribution in [2.75, 3.05) is 11.1 Å². The lowest BCUT2D eigenvalue weighted by Gasteiger charge is -2.19. The first kappa shape index (κ1) is 31.8. The molecule has 0 radical (unpaired) electrons. The van der Waals surface area contributed by atoms with E-state index in [9.17, 15) is 4.79 Å². The highest BCUT2D eigenvalue weighted by Crippen LogP contribution is 2.20. The fourth-order valence-electron chi connectivity index (χ4n) is 1.95. The zero-order chi connectivity index (χ0) is 23.0. The number of benzene rings is 1. The number of nitrogen functional groups attached to an aromatic ring is 1. The van der Waals surface area contributed by atoms with Crippen molar-refractivity contribution in [3.05, 3.63) is 49.2 Å². The van der Waals surface area contributed by atoms with Crippen LogP contribution in [0.25, 0.3) is 11.4 Å². The van der Waals surface area contributed by atoms with Crippen molar-refractivity contribution in [2.24, 2.45) is 0 Å². The van der Waals surface area contributed by atoms with E-state index in [0.717, 1.165) is 17.7 Å². The first-order valence-corrected chi connectivity index (χ1v) is 10.0. The van der Waals surface area contributed by atoms with Gasteiger partial charge in [0, 0.05) is 24.4 Å². The largest absolute Gasteiger partial charge is 0.444 e. The lowest BCUT2D eigenvalue weighted by Crippen LogP contribution is -2.27. The molecule has 0 aliphatic carbocycles. The molecule has 2 aromatic rings. The third-order valence-electron chi connectivity index (χ3n) is 2.95. The Hall–Kier alpha value is -2.93. The molecule has 0 saturated carbocycles. The Balaban J connectivity index is -0.000000419. The Kier molecular flexibility index (Phi) is 18.0. The number of hydrogen-bond acceptors (Lipinski definition) is 5. The molecule has 1 amide bonds. The number of hydrogen-bond donors (Lipinski definition) is 2. The van der Waals surface area contributed by atoms with E-state index in [-0.39, 0.29) is 6.90 Å². The van der Waals surface area contributed by atoms with Crippen molar-refractivity contribution in [1.29, 1.82) is 0 Å². The van der Waals surface area contributed by atoms with Crippen molar-refractivity contribution in [1.82, 2.24) is 9.97 Å². The standard InChI is InChI=1S/C17H22N4O2.2C2H6.C2H4.H2O.H2/c1-5-12-10-14(18)21-15(19-12)11-6-8-13(9-7-11)20-16(22)23-17(2,3)4;3*1-2;;/h6-10H,5H2,1-4H3,(H,20,22)(H2,18,19,21);2*1-2H3;1-2H2;1H2;1H. The summed E-state index contributed by atoms with van der Waals surface area (Å²) < 4.78 is 5.21. The summed E-state index contributed by atoms with van der Waals surface area (Å²) in [5.41, 5.74) is 7.64. The van der Waals surface area contributed by atoms with Crippen LogP contribution in [0.1, 0.15) is 62.5 Å². The molecular weight excluding hydrogens is 380 g/mol. The van der Waals surface area contributed by atoms with Gasteiger partial charge in [-0.25, -0.2) is 14.8 Å². The van der Waals surface area contributed by atoms with Crippen LogP contribution in [0.5, 0.6) is 0 Å². The Morgan fingerprint density at radius 1 is 1.10 bits per heavy atom. The summed E-state index contributed by atoms with van der Waals surface area (Å²) in [4.78, 5) is 20.4. The number of anilines is 2. The van der Waals surface area contributed by atoms with Gasteiger partial charge in [0.25, 0.3) is 0 Å². The summed E-state index contributed by atoms with van der Waals surface area (Å²) in [6.07, 6.45) is 0.302. The van der Waals surface area contributed by atoms with Crippen molar-refractivity contribution < 1.29 is 16.4 Å². The van der Waals surface area contributed by atoms with E-state index >= 15 is 0 Å². The van der Waals surface area contributed by atoms with E-state index < -0.39 is 11.7 Å². The summed E-state index contributed by atoms with van der Waals surface area (Å²) in [6.45, 7) is 21.5. The minimum Gasteiger partial charge on any atom is -0.444 e. The average molecular weight is 423 g/mol. The van der Waals surface area contributed by atoms with Crippen LogP contribution in [0.15, 0.2) is 43.5 Å². The molecule has 2 rings (SSSR count). The first-order chi connectivity index (χ1) is 13.8. The SMILES string of the molecule is C=C.CC.CC.CCc1cc(N)nc(-c2ccc(NC(=O)OC(C)(C)C)cc2)n1.O.[HH]. The van der Waals surface area contributed by atoms with Crippen LogP contribution in [-0.4, -0.2) is 27.1 Å². The van der Waals surface area contributed by atoms with Crippen molar-refractivity contribution >= 4 is 17.6 Å². The third-order valence-corrected chi connectivity index (χ3v) is 2.95. The number of carbonyl (C=O) groups excluding carboxylic acids is 1. The van der Waals surface area contributed by atoms with Crippen LogP contribution < -0.4 is 11.1 Å². The van der Waals surface area contributed by atoms with Gasteiger partial charge in [-0.05, 0) is 51.5 Å². The lowest BCUT2D eigenvalue weighted by atomic mass is 10.2. The van der Waals surface area contributed by atoms with Crippen molar-refractivity contribution in [3.63, 3.8) is 0 Å². The minimum absolute atomic E-state index is 0. The van der Waals surface area contributed by atoms with Crippen molar-refractivity contribution in [2.45, 2.75) is 67.4 Å². The van der Waals surface area contributed by atoms with Gasteiger partial charge in [0.1, 0.15) is 11.4 Å². The van der Waals surface area contributed by atoms with E-state index in [4.69, 9.17) is 10.5 Å². The summed E-state index contributed by atoms with van der Waals surface area (Å²) >= 11 is 0. The number of nitrogens with two attached hydrogens (primary N) is 1. The number of carbonyl (C=O) groups is 1. The van der Waals surface area contributed by atoms with Crippen molar-refractivity contribution in [3.8, 4) is 11.4 Å². The van der Waals surface area contributed by atoms with E-state index in [2.05, 4.69) is 28.4 Å². The summed E-state index contributed by atoms with van der Waals surface area (Å²) in [7, 11) is 0. The third kappa shape index (κ3) is 12.5. The molecule has 1 heterocycles. The molecule has 0 atom stereocenters. The van der Waals surface area contributed by atoms with Crippen LogP contribution in [0.3, 0.4) is 0 Å². The van der Waals surface area contributed by atoms with Crippen LogP contribution in [0.2, 0.25) is 0 Å². The van der Waals surface area contributed by atoms with E-state index in [0.29, 0.717) is 17.3 Å². The Morgan fingerprint density at radius 3 is 2.03 bits per heavy atom. The van der Waals surface area contributed by atoms with E-state index in [1.54, 1.807) is 18.2 Å². The molecule has 7 nitrogen and oxygen atoms in total. The molecule has 0 aliphatic rings. The molecule has 172 valence electrons. The summed E-state index contributed by atoms with van der Waals surface area (Å²) in [6, 6.07) is 8.98.